The predicted octanol–water partition coefficient (Wildman–Crippen LogP) is 2.96. The molecule has 1 aliphatic heterocycles. The van der Waals surface area contributed by atoms with E-state index in [4.69, 9.17) is 10.5 Å². The molecule has 0 radical (unpaired) electrons. The molecule has 2 N–H and O–H groups in total. The Labute approximate surface area is 99.9 Å². The summed E-state index contributed by atoms with van der Waals surface area (Å²) in [4.78, 5) is 0. The highest BCUT2D eigenvalue weighted by Crippen LogP contribution is 2.69. The van der Waals surface area contributed by atoms with Crippen LogP contribution in [0.1, 0.15) is 53.4 Å². The minimum atomic E-state index is 0.356. The fraction of sp³-hybridized carbons (Fsp3) is 1.00. The molecule has 0 amide bonds. The molecule has 2 atom stereocenters. The zero-order chi connectivity index (χ0) is 12.0. The third kappa shape index (κ3) is 1.91. The lowest BCUT2D eigenvalue weighted by molar-refractivity contribution is 0.0995. The molecule has 0 bridgehead atoms. The van der Waals surface area contributed by atoms with Gasteiger partial charge >= 0.3 is 0 Å². The van der Waals surface area contributed by atoms with Crippen LogP contribution in [0.4, 0.5) is 0 Å². The SMILES string of the molecule is CC1(C)C(C(N)CCC2CCCO2)C1(C)C. The Hall–Kier alpha value is -0.0800. The quantitative estimate of drug-likeness (QED) is 0.798. The maximum atomic E-state index is 6.35. The summed E-state index contributed by atoms with van der Waals surface area (Å²) in [6.07, 6.45) is 5.26. The molecule has 1 heterocycles. The highest BCUT2D eigenvalue weighted by Gasteiger charge is 2.66. The third-order valence-electron chi connectivity index (χ3n) is 5.41. The molecular weight excluding hydrogens is 198 g/mol. The van der Waals surface area contributed by atoms with Crippen LogP contribution < -0.4 is 5.73 Å². The zero-order valence-electron chi connectivity index (χ0n) is 11.3. The Morgan fingerprint density at radius 3 is 2.31 bits per heavy atom. The first-order valence-corrected chi connectivity index (χ1v) is 6.74. The van der Waals surface area contributed by atoms with Crippen molar-refractivity contribution >= 4 is 0 Å². The average Bonchev–Trinajstić information content (AvgIpc) is 2.61. The predicted molar refractivity (Wildman–Crippen MR) is 67.2 cm³/mol. The molecule has 0 aromatic heterocycles. The van der Waals surface area contributed by atoms with Gasteiger partial charge in [-0.3, -0.25) is 0 Å². The number of hydrogen-bond donors (Lipinski definition) is 1. The van der Waals surface area contributed by atoms with Crippen LogP contribution in [-0.4, -0.2) is 18.8 Å². The second-order valence-electron chi connectivity index (χ2n) is 6.80. The van der Waals surface area contributed by atoms with Crippen molar-refractivity contribution in [3.8, 4) is 0 Å². The van der Waals surface area contributed by atoms with Gasteiger partial charge in [0.15, 0.2) is 0 Å². The first kappa shape index (κ1) is 12.4. The summed E-state index contributed by atoms with van der Waals surface area (Å²) in [6.45, 7) is 10.4. The maximum absolute atomic E-state index is 6.35. The highest BCUT2D eigenvalue weighted by atomic mass is 16.5. The summed E-state index contributed by atoms with van der Waals surface area (Å²) in [5.74, 6) is 0.682. The van der Waals surface area contributed by atoms with Gasteiger partial charge in [-0.2, -0.15) is 0 Å². The lowest BCUT2D eigenvalue weighted by Gasteiger charge is -2.16. The van der Waals surface area contributed by atoms with E-state index < -0.39 is 0 Å². The van der Waals surface area contributed by atoms with Crippen LogP contribution >= 0.6 is 0 Å². The average molecular weight is 225 g/mol. The van der Waals surface area contributed by atoms with Gasteiger partial charge < -0.3 is 10.5 Å². The van der Waals surface area contributed by atoms with Crippen molar-refractivity contribution in [2.24, 2.45) is 22.5 Å². The Balaban J connectivity index is 1.79. The molecule has 2 fully saturated rings. The second-order valence-corrected chi connectivity index (χ2v) is 6.80. The van der Waals surface area contributed by atoms with Crippen LogP contribution in [0.2, 0.25) is 0 Å². The van der Waals surface area contributed by atoms with Crippen LogP contribution in [0.15, 0.2) is 0 Å². The van der Waals surface area contributed by atoms with Crippen molar-refractivity contribution < 1.29 is 4.74 Å². The van der Waals surface area contributed by atoms with Crippen molar-refractivity contribution in [1.82, 2.24) is 0 Å². The van der Waals surface area contributed by atoms with Gasteiger partial charge in [-0.15, -0.1) is 0 Å². The summed E-state index contributed by atoms with van der Waals surface area (Å²) < 4.78 is 5.65. The molecule has 94 valence electrons. The second kappa shape index (κ2) is 3.99. The van der Waals surface area contributed by atoms with Crippen LogP contribution in [0.25, 0.3) is 0 Å². The van der Waals surface area contributed by atoms with Crippen molar-refractivity contribution in [2.45, 2.75) is 65.5 Å². The van der Waals surface area contributed by atoms with Crippen molar-refractivity contribution in [2.75, 3.05) is 6.61 Å². The molecule has 1 saturated heterocycles. The number of ether oxygens (including phenoxy) is 1. The van der Waals surface area contributed by atoms with E-state index >= 15 is 0 Å². The summed E-state index contributed by atoms with van der Waals surface area (Å²) in [5.41, 5.74) is 7.19. The van der Waals surface area contributed by atoms with Gasteiger partial charge in [0.1, 0.15) is 0 Å². The fourth-order valence-electron chi connectivity index (χ4n) is 3.73. The molecule has 2 nitrogen and oxygen atoms in total. The molecule has 0 aromatic carbocycles. The van der Waals surface area contributed by atoms with Gasteiger partial charge in [-0.1, -0.05) is 27.7 Å². The molecule has 1 aliphatic carbocycles. The standard InChI is InChI=1S/C14H27NO/c1-13(2)12(14(13,3)4)11(15)8-7-10-6-5-9-16-10/h10-12H,5-9,15H2,1-4H3. The van der Waals surface area contributed by atoms with Gasteiger partial charge in [0.2, 0.25) is 0 Å². The number of hydrogen-bond acceptors (Lipinski definition) is 2. The molecule has 16 heavy (non-hydrogen) atoms. The minimum Gasteiger partial charge on any atom is -0.378 e. The lowest BCUT2D eigenvalue weighted by Crippen LogP contribution is -2.27. The largest absolute Gasteiger partial charge is 0.378 e. The molecular formula is C14H27NO. The van der Waals surface area contributed by atoms with E-state index in [9.17, 15) is 0 Å². The van der Waals surface area contributed by atoms with Crippen molar-refractivity contribution in [3.05, 3.63) is 0 Å². The van der Waals surface area contributed by atoms with Crippen LogP contribution in [0, 0.1) is 16.7 Å². The summed E-state index contributed by atoms with van der Waals surface area (Å²) in [7, 11) is 0. The minimum absolute atomic E-state index is 0.356. The Morgan fingerprint density at radius 1 is 1.25 bits per heavy atom. The Morgan fingerprint density at radius 2 is 1.88 bits per heavy atom. The summed E-state index contributed by atoms with van der Waals surface area (Å²) >= 11 is 0. The van der Waals surface area contributed by atoms with Crippen molar-refractivity contribution in [3.63, 3.8) is 0 Å². The van der Waals surface area contributed by atoms with E-state index in [1.165, 1.54) is 12.8 Å². The van der Waals surface area contributed by atoms with Gasteiger partial charge in [0, 0.05) is 12.6 Å². The fourth-order valence-corrected chi connectivity index (χ4v) is 3.73. The van der Waals surface area contributed by atoms with E-state index in [2.05, 4.69) is 27.7 Å². The molecule has 0 aromatic rings. The van der Waals surface area contributed by atoms with Gasteiger partial charge in [-0.25, -0.2) is 0 Å². The van der Waals surface area contributed by atoms with E-state index in [1.807, 2.05) is 0 Å². The maximum Gasteiger partial charge on any atom is 0.0576 e. The van der Waals surface area contributed by atoms with Gasteiger partial charge in [0.05, 0.1) is 6.10 Å². The number of rotatable bonds is 4. The first-order valence-electron chi connectivity index (χ1n) is 6.74. The van der Waals surface area contributed by atoms with Gasteiger partial charge in [0.25, 0.3) is 0 Å². The first-order chi connectivity index (χ1) is 7.37. The monoisotopic (exact) mass is 225 g/mol. The van der Waals surface area contributed by atoms with Crippen molar-refractivity contribution in [1.29, 1.82) is 0 Å². The van der Waals surface area contributed by atoms with Gasteiger partial charge in [-0.05, 0) is 42.4 Å². The number of nitrogens with two attached hydrogens (primary N) is 1. The molecule has 2 rings (SSSR count). The van der Waals surface area contributed by atoms with Crippen LogP contribution in [-0.2, 0) is 4.74 Å². The van der Waals surface area contributed by atoms with Crippen LogP contribution in [0.5, 0.6) is 0 Å². The third-order valence-corrected chi connectivity index (χ3v) is 5.41. The molecule has 2 unspecified atom stereocenters. The van der Waals surface area contributed by atoms with E-state index in [0.29, 0.717) is 28.9 Å². The molecule has 2 heteroatoms. The molecule has 2 aliphatic rings. The summed E-state index contributed by atoms with van der Waals surface area (Å²) in [6, 6.07) is 0.356. The zero-order valence-corrected chi connectivity index (χ0v) is 11.3. The normalized spacial score (nSPS) is 33.9. The Kier molecular flexibility index (Phi) is 3.09. The van der Waals surface area contributed by atoms with Crippen LogP contribution in [0.3, 0.4) is 0 Å². The topological polar surface area (TPSA) is 35.2 Å². The lowest BCUT2D eigenvalue weighted by atomic mass is 9.98. The summed E-state index contributed by atoms with van der Waals surface area (Å²) in [5, 5.41) is 0. The van der Waals surface area contributed by atoms with E-state index in [1.54, 1.807) is 0 Å². The molecule has 1 saturated carbocycles. The molecule has 0 spiro atoms. The van der Waals surface area contributed by atoms with E-state index in [-0.39, 0.29) is 0 Å². The smallest absolute Gasteiger partial charge is 0.0576 e. The Bertz CT molecular complexity index is 239. The van der Waals surface area contributed by atoms with E-state index in [0.717, 1.165) is 19.4 Å². The highest BCUT2D eigenvalue weighted by molar-refractivity contribution is 5.15.